The van der Waals surface area contributed by atoms with E-state index in [1.54, 1.807) is 18.2 Å². The van der Waals surface area contributed by atoms with Crippen LogP contribution in [0.4, 0.5) is 11.4 Å². The molecule has 8 nitrogen and oxygen atoms in total. The number of nitrogens with zero attached hydrogens (tertiary/aromatic N) is 2. The van der Waals surface area contributed by atoms with Crippen LogP contribution in [-0.2, 0) is 19.1 Å². The molecule has 212 valence electrons. The van der Waals surface area contributed by atoms with Gasteiger partial charge in [0.15, 0.2) is 17.6 Å². The van der Waals surface area contributed by atoms with Gasteiger partial charge in [0.1, 0.15) is 6.04 Å². The second-order valence-corrected chi connectivity index (χ2v) is 11.0. The number of carbonyl (C=O) groups is 3. The summed E-state index contributed by atoms with van der Waals surface area (Å²) in [6, 6.07) is 30.2. The third kappa shape index (κ3) is 3.94. The van der Waals surface area contributed by atoms with E-state index in [-0.39, 0.29) is 12.7 Å². The lowest BCUT2D eigenvalue weighted by molar-refractivity contribution is -0.151. The van der Waals surface area contributed by atoms with Crippen LogP contribution >= 0.6 is 0 Å². The summed E-state index contributed by atoms with van der Waals surface area (Å²) in [6.07, 6.45) is 3.19. The normalized spacial score (nSPS) is 22.9. The fourth-order valence-corrected chi connectivity index (χ4v) is 6.83. The topological polar surface area (TPSA) is 85.4 Å². The van der Waals surface area contributed by atoms with Crippen molar-refractivity contribution in [2.24, 2.45) is 11.8 Å². The lowest BCUT2D eigenvalue weighted by Crippen LogP contribution is -2.49. The Morgan fingerprint density at radius 2 is 1.42 bits per heavy atom. The maximum absolute atomic E-state index is 14.5. The van der Waals surface area contributed by atoms with Crippen molar-refractivity contribution in [1.82, 2.24) is 0 Å². The zero-order valence-electron chi connectivity index (χ0n) is 22.9. The number of ether oxygens (including phenoxy) is 3. The number of anilines is 2. The van der Waals surface area contributed by atoms with Gasteiger partial charge >= 0.3 is 5.97 Å². The Kier molecular flexibility index (Phi) is 5.82. The highest BCUT2D eigenvalue weighted by Crippen LogP contribution is 2.50. The summed E-state index contributed by atoms with van der Waals surface area (Å²) in [4.78, 5) is 45.9. The number of hydrogen-bond acceptors (Lipinski definition) is 7. The maximum Gasteiger partial charge on any atom is 0.330 e. The van der Waals surface area contributed by atoms with Crippen LogP contribution in [0.2, 0.25) is 0 Å². The molecule has 8 rings (SSSR count). The Bertz CT molecular complexity index is 1750. The fraction of sp³-hybridized carbons (Fsp3) is 0.171. The number of rotatable bonds is 5. The summed E-state index contributed by atoms with van der Waals surface area (Å²) >= 11 is 0. The first-order valence-corrected chi connectivity index (χ1v) is 14.2. The monoisotopic (exact) mass is 570 g/mol. The zero-order valence-corrected chi connectivity index (χ0v) is 22.9. The summed E-state index contributed by atoms with van der Waals surface area (Å²) in [5.41, 5.74) is 3.70. The lowest BCUT2D eigenvalue weighted by atomic mass is 9.88. The minimum atomic E-state index is -1.02. The van der Waals surface area contributed by atoms with E-state index in [2.05, 4.69) is 0 Å². The van der Waals surface area contributed by atoms with Crippen molar-refractivity contribution >= 4 is 35.2 Å². The Morgan fingerprint density at radius 1 is 0.767 bits per heavy atom. The first-order valence-electron chi connectivity index (χ1n) is 14.2. The van der Waals surface area contributed by atoms with E-state index in [1.807, 2.05) is 102 Å². The second-order valence-electron chi connectivity index (χ2n) is 11.0. The van der Waals surface area contributed by atoms with Crippen molar-refractivity contribution in [3.8, 4) is 11.5 Å². The van der Waals surface area contributed by atoms with Crippen LogP contribution in [0.5, 0.6) is 11.5 Å². The van der Waals surface area contributed by atoms with E-state index in [1.165, 1.54) is 4.90 Å². The van der Waals surface area contributed by atoms with Gasteiger partial charge in [-0.15, -0.1) is 0 Å². The Morgan fingerprint density at radius 3 is 2.16 bits per heavy atom. The molecule has 4 aliphatic rings. The fourth-order valence-electron chi connectivity index (χ4n) is 6.83. The van der Waals surface area contributed by atoms with Crippen LogP contribution in [0, 0.1) is 11.8 Å². The van der Waals surface area contributed by atoms with Crippen molar-refractivity contribution in [3.05, 3.63) is 126 Å². The van der Waals surface area contributed by atoms with Crippen LogP contribution in [0.3, 0.4) is 0 Å². The van der Waals surface area contributed by atoms with Crippen LogP contribution in [0.15, 0.2) is 109 Å². The number of para-hydroxylation sites is 1. The molecule has 2 fully saturated rings. The highest BCUT2D eigenvalue weighted by molar-refractivity contribution is 6.24. The molecule has 0 bridgehead atoms. The number of esters is 1. The quantitative estimate of drug-likeness (QED) is 0.243. The van der Waals surface area contributed by atoms with Gasteiger partial charge in [-0.05, 0) is 34.9 Å². The molecule has 8 heteroatoms. The summed E-state index contributed by atoms with van der Waals surface area (Å²) in [6.45, 7) is 0.0745. The molecule has 0 N–H and O–H groups in total. The van der Waals surface area contributed by atoms with E-state index in [4.69, 9.17) is 14.2 Å². The average molecular weight is 571 g/mol. The van der Waals surface area contributed by atoms with Crippen LogP contribution in [0.1, 0.15) is 22.8 Å². The smallest absolute Gasteiger partial charge is 0.330 e. The lowest BCUT2D eigenvalue weighted by Gasteiger charge is -2.36. The molecule has 0 spiro atoms. The van der Waals surface area contributed by atoms with Crippen molar-refractivity contribution in [2.75, 3.05) is 16.6 Å². The van der Waals surface area contributed by atoms with Crippen molar-refractivity contribution in [1.29, 1.82) is 0 Å². The molecule has 2 amide bonds. The molecule has 0 saturated carbocycles. The third-order valence-corrected chi connectivity index (χ3v) is 8.71. The predicted octanol–water partition coefficient (Wildman–Crippen LogP) is 5.14. The predicted molar refractivity (Wildman–Crippen MR) is 158 cm³/mol. The molecule has 4 aromatic rings. The first kappa shape index (κ1) is 25.3. The van der Waals surface area contributed by atoms with Gasteiger partial charge in [0.05, 0.1) is 23.6 Å². The highest BCUT2D eigenvalue weighted by atomic mass is 16.7. The van der Waals surface area contributed by atoms with Gasteiger partial charge in [-0.2, -0.15) is 0 Å². The van der Waals surface area contributed by atoms with Crippen LogP contribution in [0.25, 0.3) is 6.08 Å². The summed E-state index contributed by atoms with van der Waals surface area (Å²) in [5.74, 6) is -2.06. The largest absolute Gasteiger partial charge is 0.454 e. The van der Waals surface area contributed by atoms with Gasteiger partial charge < -0.3 is 19.1 Å². The minimum absolute atomic E-state index is 0.0745. The Balaban J connectivity index is 1.21. The SMILES string of the molecule is O=C(OC(c1ccccc1)c1ccccc1)[C@H]1[C@@H]2C(=O)N(c3ccc4c(c3)OCO4)C(=O)[C@@H]2[C@H]2C=Cc3ccccc3N21. The number of imide groups is 1. The molecule has 0 aliphatic carbocycles. The Labute approximate surface area is 247 Å². The van der Waals surface area contributed by atoms with E-state index in [0.717, 1.165) is 22.4 Å². The molecule has 4 aromatic carbocycles. The van der Waals surface area contributed by atoms with Gasteiger partial charge in [-0.25, -0.2) is 9.69 Å². The van der Waals surface area contributed by atoms with E-state index >= 15 is 0 Å². The van der Waals surface area contributed by atoms with Gasteiger partial charge in [0.2, 0.25) is 18.6 Å². The molecule has 4 heterocycles. The Hall–Kier alpha value is -5.37. The van der Waals surface area contributed by atoms with Crippen molar-refractivity contribution in [3.63, 3.8) is 0 Å². The van der Waals surface area contributed by atoms with Crippen molar-refractivity contribution in [2.45, 2.75) is 18.2 Å². The average Bonchev–Trinajstić information content (AvgIpc) is 3.73. The van der Waals surface area contributed by atoms with Crippen molar-refractivity contribution < 1.29 is 28.6 Å². The van der Waals surface area contributed by atoms with Gasteiger partial charge in [-0.1, -0.05) is 91.0 Å². The van der Waals surface area contributed by atoms with Gasteiger partial charge in [0, 0.05) is 11.8 Å². The van der Waals surface area contributed by atoms with E-state index < -0.39 is 41.9 Å². The van der Waals surface area contributed by atoms with Crippen LogP contribution < -0.4 is 19.3 Å². The second kappa shape index (κ2) is 9.87. The van der Waals surface area contributed by atoms with Gasteiger partial charge in [0.25, 0.3) is 0 Å². The molecule has 4 aliphatic heterocycles. The molecule has 4 atom stereocenters. The molecule has 0 unspecified atom stereocenters. The maximum atomic E-state index is 14.5. The number of carbonyl (C=O) groups excluding carboxylic acids is 3. The number of benzene rings is 4. The summed E-state index contributed by atoms with van der Waals surface area (Å²) in [7, 11) is 0. The first-order chi connectivity index (χ1) is 21.1. The molecule has 0 radical (unpaired) electrons. The molecular formula is C35H26N2O6. The molecule has 43 heavy (non-hydrogen) atoms. The molecule has 0 aromatic heterocycles. The zero-order chi connectivity index (χ0) is 29.1. The molecule has 2 saturated heterocycles. The third-order valence-electron chi connectivity index (χ3n) is 8.71. The summed E-state index contributed by atoms with van der Waals surface area (Å²) in [5, 5.41) is 0. The molecular weight excluding hydrogens is 544 g/mol. The number of amides is 2. The van der Waals surface area contributed by atoms with Gasteiger partial charge in [-0.3, -0.25) is 9.59 Å². The van der Waals surface area contributed by atoms with Crippen LogP contribution in [-0.4, -0.2) is 36.7 Å². The standard InChI is InChI=1S/C35H26N2O6/c38-33-29-26-17-15-21-9-7-8-14-25(21)37(26)31(30(29)34(39)36(33)24-16-18-27-28(19-24)42-20-41-27)35(40)43-32(22-10-3-1-4-11-22)23-12-5-2-6-13-23/h1-19,26,29-32H,20H2/t26-,29-,30-,31-/m1/s1. The number of fused-ring (bicyclic) bond motifs is 6. The number of hydrogen-bond donors (Lipinski definition) is 0. The highest BCUT2D eigenvalue weighted by Gasteiger charge is 2.65. The van der Waals surface area contributed by atoms with E-state index in [9.17, 15) is 14.4 Å². The minimum Gasteiger partial charge on any atom is -0.454 e. The van der Waals surface area contributed by atoms with E-state index in [0.29, 0.717) is 17.2 Å². The summed E-state index contributed by atoms with van der Waals surface area (Å²) < 4.78 is 17.3.